The normalized spacial score (nSPS) is 24.6. The van der Waals surface area contributed by atoms with Crippen LogP contribution in [0.25, 0.3) is 10.8 Å². The van der Waals surface area contributed by atoms with Gasteiger partial charge in [0.25, 0.3) is 0 Å². The topological polar surface area (TPSA) is 146 Å². The highest BCUT2D eigenvalue weighted by Crippen LogP contribution is 2.37. The molecule has 0 radical (unpaired) electrons. The minimum absolute atomic E-state index is 0.0392. The molecule has 0 amide bonds. The Hall–Kier alpha value is -3.31. The van der Waals surface area contributed by atoms with Gasteiger partial charge in [0, 0.05) is 42.9 Å². The molecule has 11 heteroatoms. The van der Waals surface area contributed by atoms with Crippen LogP contribution in [0.1, 0.15) is 74.5 Å². The molecule has 3 atom stereocenters. The maximum atomic E-state index is 12.3. The molecule has 3 aromatic rings. The van der Waals surface area contributed by atoms with Crippen molar-refractivity contribution < 1.29 is 22.7 Å². The number of carbonyl (C=O) groups is 1. The van der Waals surface area contributed by atoms with E-state index in [1.807, 2.05) is 33.8 Å². The van der Waals surface area contributed by atoms with E-state index in [9.17, 15) is 13.2 Å². The summed E-state index contributed by atoms with van der Waals surface area (Å²) in [5.74, 6) is 1.11. The Bertz CT molecular complexity index is 1520. The molecule has 0 saturated heterocycles. The van der Waals surface area contributed by atoms with E-state index in [-0.39, 0.29) is 29.3 Å². The van der Waals surface area contributed by atoms with E-state index in [2.05, 4.69) is 15.3 Å². The second-order valence-electron chi connectivity index (χ2n) is 10.7. The number of anilines is 2. The zero-order chi connectivity index (χ0) is 27.4. The molecule has 1 aliphatic heterocycles. The lowest BCUT2D eigenvalue weighted by atomic mass is 9.88. The van der Waals surface area contributed by atoms with Gasteiger partial charge >= 0.3 is 5.97 Å². The van der Waals surface area contributed by atoms with Crippen LogP contribution in [0.2, 0.25) is 0 Å². The predicted octanol–water partition coefficient (Wildman–Crippen LogP) is 3.97. The van der Waals surface area contributed by atoms with E-state index >= 15 is 0 Å². The molecule has 1 aliphatic carbocycles. The van der Waals surface area contributed by atoms with Crippen molar-refractivity contribution in [2.75, 3.05) is 11.6 Å². The van der Waals surface area contributed by atoms with Crippen LogP contribution in [-0.2, 0) is 20.1 Å². The maximum Gasteiger partial charge on any atom is 0.340 e. The Kier molecular flexibility index (Phi) is 6.55. The number of esters is 1. The SMILES string of the molecule is CC[C@@](C)(N)c1cnc(O[C@H]2C[C@@H](S(C)(=O)=O)C2)c2cnc(Nc3ccc4c(n3)[C@@H](C)[C@H](C)OC4=O)cc12. The minimum atomic E-state index is -3.08. The van der Waals surface area contributed by atoms with Gasteiger partial charge in [0.05, 0.1) is 21.9 Å². The van der Waals surface area contributed by atoms with Crippen molar-refractivity contribution in [3.05, 3.63) is 47.4 Å². The first kappa shape index (κ1) is 26.3. The summed E-state index contributed by atoms with van der Waals surface area (Å²) in [5.41, 5.74) is 8.00. The third-order valence-corrected chi connectivity index (χ3v) is 9.45. The smallest absolute Gasteiger partial charge is 0.340 e. The van der Waals surface area contributed by atoms with Gasteiger partial charge in [-0.25, -0.2) is 28.2 Å². The number of aromatic nitrogens is 3. The molecule has 202 valence electrons. The lowest BCUT2D eigenvalue weighted by molar-refractivity contribution is 0.0235. The van der Waals surface area contributed by atoms with Gasteiger partial charge in [0.2, 0.25) is 5.88 Å². The zero-order valence-corrected chi connectivity index (χ0v) is 23.0. The standard InChI is InChI=1S/C27H33N5O5S/c1-6-27(4,28)21-13-30-25(37-16-9-17(10-16)38(5,34)35)20-12-29-23(11-19(20)21)31-22-8-7-18-24(32-22)14(2)15(3)36-26(18)33/h7-8,11-17H,6,9-10,28H2,1-5H3,(H,29,31,32)/t14-,15-,16-,17+,27+/m0/s1. The Morgan fingerprint density at radius 2 is 1.89 bits per heavy atom. The van der Waals surface area contributed by atoms with Crippen molar-refractivity contribution in [2.45, 2.75) is 75.9 Å². The van der Waals surface area contributed by atoms with Crippen molar-refractivity contribution in [3.8, 4) is 5.88 Å². The van der Waals surface area contributed by atoms with Crippen LogP contribution >= 0.6 is 0 Å². The van der Waals surface area contributed by atoms with Gasteiger partial charge in [0.1, 0.15) is 23.8 Å². The number of ether oxygens (including phenoxy) is 2. The second-order valence-corrected chi connectivity index (χ2v) is 13.0. The van der Waals surface area contributed by atoms with E-state index in [0.717, 1.165) is 10.9 Å². The van der Waals surface area contributed by atoms with Gasteiger partial charge in [0.15, 0.2) is 9.84 Å². The zero-order valence-electron chi connectivity index (χ0n) is 22.2. The first-order chi connectivity index (χ1) is 17.9. The average Bonchev–Trinajstić information content (AvgIpc) is 2.83. The molecule has 4 heterocycles. The predicted molar refractivity (Wildman–Crippen MR) is 144 cm³/mol. The van der Waals surface area contributed by atoms with Gasteiger partial charge < -0.3 is 20.5 Å². The highest BCUT2D eigenvalue weighted by molar-refractivity contribution is 7.91. The number of fused-ring (bicyclic) bond motifs is 2. The second kappa shape index (κ2) is 9.46. The summed E-state index contributed by atoms with van der Waals surface area (Å²) in [6.45, 7) is 7.80. The number of nitrogens with zero attached hydrogens (tertiary/aromatic N) is 3. The molecule has 0 aromatic carbocycles. The third-order valence-electron chi connectivity index (χ3n) is 7.85. The third kappa shape index (κ3) is 4.80. The molecule has 10 nitrogen and oxygen atoms in total. The summed E-state index contributed by atoms with van der Waals surface area (Å²) in [5, 5.41) is 4.41. The highest BCUT2D eigenvalue weighted by atomic mass is 32.2. The monoisotopic (exact) mass is 539 g/mol. The molecular formula is C27H33N5O5S. The molecule has 1 fully saturated rings. The van der Waals surface area contributed by atoms with Crippen molar-refractivity contribution >= 4 is 38.2 Å². The molecule has 3 N–H and O–H groups in total. The Morgan fingerprint density at radius 1 is 1.16 bits per heavy atom. The first-order valence-corrected chi connectivity index (χ1v) is 14.8. The van der Waals surface area contributed by atoms with Crippen LogP contribution in [-0.4, -0.2) is 53.1 Å². The van der Waals surface area contributed by atoms with Crippen LogP contribution in [0.15, 0.2) is 30.6 Å². The van der Waals surface area contributed by atoms with Crippen molar-refractivity contribution in [3.63, 3.8) is 0 Å². The van der Waals surface area contributed by atoms with Crippen LogP contribution in [0.5, 0.6) is 5.88 Å². The number of pyridine rings is 3. The maximum absolute atomic E-state index is 12.3. The highest BCUT2D eigenvalue weighted by Gasteiger charge is 2.38. The number of cyclic esters (lactones) is 1. The minimum Gasteiger partial charge on any atom is -0.474 e. The molecule has 0 bridgehead atoms. The Morgan fingerprint density at radius 3 is 2.58 bits per heavy atom. The van der Waals surface area contributed by atoms with Crippen molar-refractivity contribution in [1.82, 2.24) is 15.0 Å². The van der Waals surface area contributed by atoms with E-state index in [0.29, 0.717) is 53.4 Å². The summed E-state index contributed by atoms with van der Waals surface area (Å²) in [6.07, 6.45) is 5.75. The van der Waals surface area contributed by atoms with Crippen LogP contribution < -0.4 is 15.8 Å². The fourth-order valence-electron chi connectivity index (χ4n) is 4.79. The molecule has 38 heavy (non-hydrogen) atoms. The van der Waals surface area contributed by atoms with E-state index < -0.39 is 15.4 Å². The molecule has 1 saturated carbocycles. The van der Waals surface area contributed by atoms with Crippen molar-refractivity contribution in [2.24, 2.45) is 5.73 Å². The molecule has 0 unspecified atom stereocenters. The Balaban J connectivity index is 1.48. The fourth-order valence-corrected chi connectivity index (χ4v) is 5.92. The number of nitrogens with two attached hydrogens (primary N) is 1. The summed E-state index contributed by atoms with van der Waals surface area (Å²) in [7, 11) is -3.08. The van der Waals surface area contributed by atoms with Crippen LogP contribution in [0.4, 0.5) is 11.6 Å². The van der Waals surface area contributed by atoms with Gasteiger partial charge in [-0.15, -0.1) is 0 Å². The first-order valence-electron chi connectivity index (χ1n) is 12.8. The molecule has 0 spiro atoms. The van der Waals surface area contributed by atoms with Crippen LogP contribution in [0, 0.1) is 0 Å². The number of hydrogen-bond acceptors (Lipinski definition) is 10. The lowest BCUT2D eigenvalue weighted by Gasteiger charge is -2.34. The lowest BCUT2D eigenvalue weighted by Crippen LogP contribution is -2.42. The van der Waals surface area contributed by atoms with Gasteiger partial charge in [-0.3, -0.25) is 0 Å². The molecule has 2 aliphatic rings. The number of nitrogens with one attached hydrogen (secondary N) is 1. The summed E-state index contributed by atoms with van der Waals surface area (Å²) in [6, 6.07) is 5.33. The van der Waals surface area contributed by atoms with Gasteiger partial charge in [-0.2, -0.15) is 0 Å². The number of sulfone groups is 1. The quantitative estimate of drug-likeness (QED) is 0.423. The summed E-state index contributed by atoms with van der Waals surface area (Å²) in [4.78, 5) is 26.1. The molecule has 3 aromatic heterocycles. The van der Waals surface area contributed by atoms with E-state index in [1.165, 1.54) is 6.26 Å². The molecule has 5 rings (SSSR count). The summed E-state index contributed by atoms with van der Waals surface area (Å²) >= 11 is 0. The van der Waals surface area contributed by atoms with Gasteiger partial charge in [-0.05, 0) is 49.4 Å². The fraction of sp³-hybridized carbons (Fsp3) is 0.481. The Labute approximate surface area is 222 Å². The molecular weight excluding hydrogens is 506 g/mol. The number of carbonyl (C=O) groups excluding carboxylic acids is 1. The van der Waals surface area contributed by atoms with E-state index in [1.54, 1.807) is 24.5 Å². The number of hydrogen-bond donors (Lipinski definition) is 2. The van der Waals surface area contributed by atoms with E-state index in [4.69, 9.17) is 20.2 Å². The average molecular weight is 540 g/mol. The number of rotatable bonds is 7. The van der Waals surface area contributed by atoms with Crippen molar-refractivity contribution in [1.29, 1.82) is 0 Å². The largest absolute Gasteiger partial charge is 0.474 e. The van der Waals surface area contributed by atoms with Crippen LogP contribution in [0.3, 0.4) is 0 Å². The van der Waals surface area contributed by atoms with Gasteiger partial charge in [-0.1, -0.05) is 13.8 Å². The summed E-state index contributed by atoms with van der Waals surface area (Å²) < 4.78 is 35.1.